The van der Waals surface area contributed by atoms with Gasteiger partial charge in [-0.2, -0.15) is 0 Å². The van der Waals surface area contributed by atoms with Gasteiger partial charge in [0.1, 0.15) is 11.6 Å². The summed E-state index contributed by atoms with van der Waals surface area (Å²) in [6, 6.07) is 5.52. The Morgan fingerprint density at radius 3 is 2.44 bits per heavy atom. The molecule has 0 spiro atoms. The lowest BCUT2D eigenvalue weighted by molar-refractivity contribution is 0.147. The Hall–Kier alpha value is -1.33. The Bertz CT molecular complexity index is 327. The lowest BCUT2D eigenvalue weighted by Crippen LogP contribution is -2.42. The predicted octanol–water partition coefficient (Wildman–Crippen LogP) is 0.669. The fourth-order valence-electron chi connectivity index (χ4n) is 1.22. The van der Waals surface area contributed by atoms with Crippen LogP contribution >= 0.6 is 0 Å². The maximum Gasteiger partial charge on any atom is 0.128 e. The fourth-order valence-corrected chi connectivity index (χ4v) is 1.22. The van der Waals surface area contributed by atoms with Crippen molar-refractivity contribution in [2.75, 3.05) is 30.4 Å². The zero-order valence-electron chi connectivity index (χ0n) is 9.70. The summed E-state index contributed by atoms with van der Waals surface area (Å²) in [5.74, 6) is 1.40. The first-order chi connectivity index (χ1) is 7.63. The van der Waals surface area contributed by atoms with E-state index in [1.807, 2.05) is 19.1 Å². The van der Waals surface area contributed by atoms with Crippen molar-refractivity contribution in [3.63, 3.8) is 0 Å². The van der Waals surface area contributed by atoms with Gasteiger partial charge in [-0.3, -0.25) is 0 Å². The Morgan fingerprint density at radius 2 is 1.88 bits per heavy atom. The van der Waals surface area contributed by atoms with Crippen LogP contribution in [0.1, 0.15) is 13.8 Å². The van der Waals surface area contributed by atoms with Crippen molar-refractivity contribution in [1.82, 2.24) is 4.98 Å². The van der Waals surface area contributed by atoms with Gasteiger partial charge in [0.05, 0.1) is 18.8 Å². The Morgan fingerprint density at radius 1 is 1.25 bits per heavy atom. The molecule has 0 aromatic carbocycles. The van der Waals surface area contributed by atoms with Crippen molar-refractivity contribution in [1.29, 1.82) is 0 Å². The Balaban J connectivity index is 2.76. The average Bonchev–Trinajstić information content (AvgIpc) is 2.30. The van der Waals surface area contributed by atoms with Gasteiger partial charge in [-0.15, -0.1) is 0 Å². The van der Waals surface area contributed by atoms with Gasteiger partial charge in [0.15, 0.2) is 0 Å². The number of hydrogen-bond acceptors (Lipinski definition) is 5. The van der Waals surface area contributed by atoms with Crippen LogP contribution in [0.4, 0.5) is 11.6 Å². The van der Waals surface area contributed by atoms with Crippen LogP contribution in [-0.2, 0) is 0 Å². The van der Waals surface area contributed by atoms with E-state index < -0.39 is 5.54 Å². The van der Waals surface area contributed by atoms with Crippen molar-refractivity contribution in [2.24, 2.45) is 0 Å². The molecule has 0 saturated carbocycles. The normalized spacial score (nSPS) is 11.2. The van der Waals surface area contributed by atoms with Gasteiger partial charge in [0, 0.05) is 6.54 Å². The predicted molar refractivity (Wildman–Crippen MR) is 64.6 cm³/mol. The van der Waals surface area contributed by atoms with E-state index in [2.05, 4.69) is 15.6 Å². The van der Waals surface area contributed by atoms with Crippen LogP contribution in [0.2, 0.25) is 0 Å². The van der Waals surface area contributed by atoms with E-state index in [1.54, 1.807) is 13.0 Å². The highest BCUT2D eigenvalue weighted by Gasteiger charge is 2.22. The number of aliphatic hydroxyl groups is 2. The van der Waals surface area contributed by atoms with Crippen LogP contribution in [0.3, 0.4) is 0 Å². The first kappa shape index (κ1) is 12.7. The van der Waals surface area contributed by atoms with Gasteiger partial charge < -0.3 is 20.8 Å². The molecule has 0 atom stereocenters. The Kier molecular flexibility index (Phi) is 4.52. The van der Waals surface area contributed by atoms with Crippen LogP contribution in [0, 0.1) is 0 Å². The zero-order chi connectivity index (χ0) is 12.0. The molecule has 0 bridgehead atoms. The molecule has 0 amide bonds. The summed E-state index contributed by atoms with van der Waals surface area (Å²) in [5.41, 5.74) is -0.752. The standard InChI is InChI=1S/C11H19N3O2/c1-3-12-9-5-4-6-10(13-9)14-11(2,7-15)8-16/h4-6,15-16H,3,7-8H2,1-2H3,(H2,12,13,14). The van der Waals surface area contributed by atoms with Gasteiger partial charge in [-0.25, -0.2) is 4.98 Å². The summed E-state index contributed by atoms with van der Waals surface area (Å²) >= 11 is 0. The third-order valence-electron chi connectivity index (χ3n) is 2.23. The van der Waals surface area contributed by atoms with E-state index >= 15 is 0 Å². The fraction of sp³-hybridized carbons (Fsp3) is 0.545. The van der Waals surface area contributed by atoms with Gasteiger partial charge in [-0.05, 0) is 26.0 Å². The summed E-state index contributed by atoms with van der Waals surface area (Å²) in [6.07, 6.45) is 0. The second-order valence-corrected chi connectivity index (χ2v) is 3.94. The third-order valence-corrected chi connectivity index (χ3v) is 2.23. The van der Waals surface area contributed by atoms with Gasteiger partial charge >= 0.3 is 0 Å². The summed E-state index contributed by atoms with van der Waals surface area (Å²) < 4.78 is 0. The number of hydrogen-bond donors (Lipinski definition) is 4. The molecule has 5 heteroatoms. The molecule has 0 aliphatic rings. The zero-order valence-corrected chi connectivity index (χ0v) is 9.70. The van der Waals surface area contributed by atoms with Crippen molar-refractivity contribution >= 4 is 11.6 Å². The van der Waals surface area contributed by atoms with Crippen LogP contribution in [0.5, 0.6) is 0 Å². The van der Waals surface area contributed by atoms with Crippen molar-refractivity contribution in [3.05, 3.63) is 18.2 Å². The minimum absolute atomic E-state index is 0.156. The number of pyridine rings is 1. The number of rotatable bonds is 6. The molecular formula is C11H19N3O2. The van der Waals surface area contributed by atoms with Crippen LogP contribution in [-0.4, -0.2) is 40.5 Å². The molecular weight excluding hydrogens is 206 g/mol. The summed E-state index contributed by atoms with van der Waals surface area (Å²) in [6.45, 7) is 4.21. The molecule has 1 aromatic heterocycles. The largest absolute Gasteiger partial charge is 0.394 e. The first-order valence-corrected chi connectivity index (χ1v) is 5.34. The molecule has 0 unspecified atom stereocenters. The minimum Gasteiger partial charge on any atom is -0.394 e. The lowest BCUT2D eigenvalue weighted by atomic mass is 10.1. The number of aromatic nitrogens is 1. The number of nitrogens with one attached hydrogen (secondary N) is 2. The molecule has 16 heavy (non-hydrogen) atoms. The topological polar surface area (TPSA) is 77.4 Å². The second kappa shape index (κ2) is 5.67. The highest BCUT2D eigenvalue weighted by molar-refractivity contribution is 5.46. The van der Waals surface area contributed by atoms with Gasteiger partial charge in [-0.1, -0.05) is 6.07 Å². The van der Waals surface area contributed by atoms with Gasteiger partial charge in [0.25, 0.3) is 0 Å². The van der Waals surface area contributed by atoms with Crippen LogP contribution < -0.4 is 10.6 Å². The minimum atomic E-state index is -0.752. The maximum absolute atomic E-state index is 9.15. The maximum atomic E-state index is 9.15. The number of nitrogens with zero attached hydrogens (tertiary/aromatic N) is 1. The lowest BCUT2D eigenvalue weighted by Gasteiger charge is -2.26. The van der Waals surface area contributed by atoms with E-state index in [1.165, 1.54) is 0 Å². The quantitative estimate of drug-likeness (QED) is 0.572. The molecule has 90 valence electrons. The van der Waals surface area contributed by atoms with E-state index in [-0.39, 0.29) is 13.2 Å². The molecule has 4 N–H and O–H groups in total. The van der Waals surface area contributed by atoms with Crippen molar-refractivity contribution < 1.29 is 10.2 Å². The molecule has 0 saturated heterocycles. The summed E-state index contributed by atoms with van der Waals surface area (Å²) in [4.78, 5) is 4.30. The molecule has 5 nitrogen and oxygen atoms in total. The van der Waals surface area contributed by atoms with E-state index in [4.69, 9.17) is 10.2 Å². The van der Waals surface area contributed by atoms with Crippen LogP contribution in [0.15, 0.2) is 18.2 Å². The average molecular weight is 225 g/mol. The highest BCUT2D eigenvalue weighted by Crippen LogP contribution is 2.14. The number of aliphatic hydroxyl groups excluding tert-OH is 2. The van der Waals surface area contributed by atoms with E-state index in [0.29, 0.717) is 5.82 Å². The highest BCUT2D eigenvalue weighted by atomic mass is 16.3. The van der Waals surface area contributed by atoms with Crippen molar-refractivity contribution in [2.45, 2.75) is 19.4 Å². The molecule has 1 heterocycles. The Labute approximate surface area is 95.5 Å². The van der Waals surface area contributed by atoms with Crippen molar-refractivity contribution in [3.8, 4) is 0 Å². The molecule has 0 radical (unpaired) electrons. The molecule has 0 aliphatic heterocycles. The van der Waals surface area contributed by atoms with E-state index in [0.717, 1.165) is 12.4 Å². The SMILES string of the molecule is CCNc1cccc(NC(C)(CO)CO)n1. The summed E-state index contributed by atoms with van der Waals surface area (Å²) in [7, 11) is 0. The number of anilines is 2. The molecule has 0 fully saturated rings. The van der Waals surface area contributed by atoms with Gasteiger partial charge in [0.2, 0.25) is 0 Å². The second-order valence-electron chi connectivity index (χ2n) is 3.94. The molecule has 0 aliphatic carbocycles. The summed E-state index contributed by atoms with van der Waals surface area (Å²) in [5, 5.41) is 24.4. The third kappa shape index (κ3) is 3.36. The molecule has 1 aromatic rings. The van der Waals surface area contributed by atoms with E-state index in [9.17, 15) is 0 Å². The van der Waals surface area contributed by atoms with Crippen LogP contribution in [0.25, 0.3) is 0 Å². The smallest absolute Gasteiger partial charge is 0.128 e. The monoisotopic (exact) mass is 225 g/mol. The first-order valence-electron chi connectivity index (χ1n) is 5.34. The molecule has 1 rings (SSSR count).